The van der Waals surface area contributed by atoms with E-state index in [9.17, 15) is 18.0 Å². The SMILES string of the molecule is CCCCCCn1cc(S(=O)(=O)Nc2cc(C)nn2C)c(=O)[nH]c1=O. The van der Waals surface area contributed by atoms with E-state index < -0.39 is 26.2 Å². The number of hydrogen-bond donors (Lipinski definition) is 2. The summed E-state index contributed by atoms with van der Waals surface area (Å²) in [7, 11) is -2.55. The molecular weight excluding hydrogens is 346 g/mol. The van der Waals surface area contributed by atoms with Crippen LogP contribution in [0.15, 0.2) is 26.7 Å². The fraction of sp³-hybridized carbons (Fsp3) is 0.533. The van der Waals surface area contributed by atoms with Crippen molar-refractivity contribution in [3.8, 4) is 0 Å². The molecule has 2 aromatic heterocycles. The maximum atomic E-state index is 12.5. The first kappa shape index (κ1) is 19.0. The highest BCUT2D eigenvalue weighted by Gasteiger charge is 2.22. The monoisotopic (exact) mass is 369 g/mol. The molecule has 2 N–H and O–H groups in total. The topological polar surface area (TPSA) is 119 Å². The lowest BCUT2D eigenvalue weighted by molar-refractivity contribution is 0.549. The minimum absolute atomic E-state index is 0.234. The number of nitrogens with zero attached hydrogens (tertiary/aromatic N) is 3. The number of aromatic nitrogens is 4. The number of hydrogen-bond acceptors (Lipinski definition) is 5. The zero-order valence-corrected chi connectivity index (χ0v) is 15.4. The van der Waals surface area contributed by atoms with Crippen LogP contribution in [0.4, 0.5) is 5.82 Å². The molecule has 0 fully saturated rings. The summed E-state index contributed by atoms with van der Waals surface area (Å²) < 4.78 is 30.0. The summed E-state index contributed by atoms with van der Waals surface area (Å²) in [4.78, 5) is 25.4. The van der Waals surface area contributed by atoms with E-state index in [1.807, 2.05) is 0 Å². The molecule has 25 heavy (non-hydrogen) atoms. The number of nitrogens with one attached hydrogen (secondary N) is 2. The van der Waals surface area contributed by atoms with E-state index in [1.165, 1.54) is 9.25 Å². The number of unbranched alkanes of at least 4 members (excludes halogenated alkanes) is 3. The maximum Gasteiger partial charge on any atom is 0.328 e. The summed E-state index contributed by atoms with van der Waals surface area (Å²) >= 11 is 0. The Balaban J connectivity index is 2.32. The predicted octanol–water partition coefficient (Wildman–Crippen LogP) is 0.960. The van der Waals surface area contributed by atoms with E-state index >= 15 is 0 Å². The zero-order chi connectivity index (χ0) is 18.6. The first-order valence-corrected chi connectivity index (χ1v) is 9.60. The number of rotatable bonds is 8. The van der Waals surface area contributed by atoms with Gasteiger partial charge in [0, 0.05) is 25.9 Å². The quantitative estimate of drug-likeness (QED) is 0.672. The van der Waals surface area contributed by atoms with Gasteiger partial charge in [-0.1, -0.05) is 26.2 Å². The molecule has 0 aromatic carbocycles. The number of aromatic amines is 1. The first-order chi connectivity index (χ1) is 11.7. The Hall–Kier alpha value is -2.36. The van der Waals surface area contributed by atoms with Crippen molar-refractivity contribution in [2.45, 2.75) is 51.0 Å². The Bertz CT molecular complexity index is 955. The summed E-state index contributed by atoms with van der Waals surface area (Å²) in [6.07, 6.45) is 4.84. The average molecular weight is 369 g/mol. The molecule has 2 rings (SSSR count). The first-order valence-electron chi connectivity index (χ1n) is 8.12. The van der Waals surface area contributed by atoms with Crippen LogP contribution in [0, 0.1) is 6.92 Å². The van der Waals surface area contributed by atoms with Crippen LogP contribution >= 0.6 is 0 Å². The Morgan fingerprint density at radius 3 is 2.56 bits per heavy atom. The lowest BCUT2D eigenvalue weighted by Gasteiger charge is -2.10. The molecule has 2 aromatic rings. The molecule has 0 bridgehead atoms. The largest absolute Gasteiger partial charge is 0.328 e. The van der Waals surface area contributed by atoms with Crippen molar-refractivity contribution in [3.05, 3.63) is 38.8 Å². The third-order valence-electron chi connectivity index (χ3n) is 3.76. The van der Waals surface area contributed by atoms with E-state index in [-0.39, 0.29) is 5.82 Å². The van der Waals surface area contributed by atoms with Crippen molar-refractivity contribution in [2.24, 2.45) is 7.05 Å². The van der Waals surface area contributed by atoms with Crippen molar-refractivity contribution in [2.75, 3.05) is 4.72 Å². The fourth-order valence-corrected chi connectivity index (χ4v) is 3.59. The third-order valence-corrected chi connectivity index (χ3v) is 5.11. The molecule has 10 heteroatoms. The van der Waals surface area contributed by atoms with Crippen molar-refractivity contribution in [1.82, 2.24) is 19.3 Å². The maximum absolute atomic E-state index is 12.5. The second kappa shape index (κ2) is 7.68. The molecule has 0 saturated heterocycles. The third kappa shape index (κ3) is 4.59. The standard InChI is InChI=1S/C15H23N5O4S/c1-4-5-6-7-8-20-10-12(14(21)16-15(20)22)25(23,24)18-13-9-11(2)17-19(13)3/h9-10,18H,4-8H2,1-3H3,(H,16,21,22). The molecule has 138 valence electrons. The molecular formula is C15H23N5O4S. The summed E-state index contributed by atoms with van der Waals surface area (Å²) in [5, 5.41) is 4.05. The van der Waals surface area contributed by atoms with Crippen LogP contribution in [0.25, 0.3) is 0 Å². The molecule has 0 atom stereocenters. The van der Waals surface area contributed by atoms with Crippen LogP contribution in [0.5, 0.6) is 0 Å². The highest BCUT2D eigenvalue weighted by Crippen LogP contribution is 2.13. The normalized spacial score (nSPS) is 11.6. The van der Waals surface area contributed by atoms with Crippen LogP contribution in [0.3, 0.4) is 0 Å². The summed E-state index contributed by atoms with van der Waals surface area (Å²) in [6.45, 7) is 4.15. The van der Waals surface area contributed by atoms with Crippen LogP contribution < -0.4 is 16.0 Å². The van der Waals surface area contributed by atoms with Crippen molar-refractivity contribution < 1.29 is 8.42 Å². The molecule has 0 saturated carbocycles. The van der Waals surface area contributed by atoms with Gasteiger partial charge in [0.25, 0.3) is 15.6 Å². The summed E-state index contributed by atoms with van der Waals surface area (Å²) in [5.74, 6) is 0.234. The number of anilines is 1. The Morgan fingerprint density at radius 1 is 1.24 bits per heavy atom. The van der Waals surface area contributed by atoms with Gasteiger partial charge in [-0.2, -0.15) is 5.10 Å². The van der Waals surface area contributed by atoms with Gasteiger partial charge in [0.1, 0.15) is 5.82 Å². The van der Waals surface area contributed by atoms with E-state index in [2.05, 4.69) is 21.7 Å². The molecule has 2 heterocycles. The van der Waals surface area contributed by atoms with Gasteiger partial charge in [-0.05, 0) is 13.3 Å². The van der Waals surface area contributed by atoms with Crippen LogP contribution in [0.2, 0.25) is 0 Å². The molecule has 0 radical (unpaired) electrons. The van der Waals surface area contributed by atoms with E-state index in [1.54, 1.807) is 20.0 Å². The highest BCUT2D eigenvalue weighted by atomic mass is 32.2. The van der Waals surface area contributed by atoms with Gasteiger partial charge in [-0.25, -0.2) is 13.2 Å². The second-order valence-electron chi connectivity index (χ2n) is 5.91. The molecule has 0 aliphatic heterocycles. The Labute approximate surface area is 145 Å². The van der Waals surface area contributed by atoms with Gasteiger partial charge < -0.3 is 0 Å². The molecule has 0 aliphatic rings. The van der Waals surface area contributed by atoms with Crippen LogP contribution in [-0.2, 0) is 23.6 Å². The van der Waals surface area contributed by atoms with Crippen LogP contribution in [0.1, 0.15) is 38.3 Å². The van der Waals surface area contributed by atoms with Gasteiger partial charge >= 0.3 is 5.69 Å². The summed E-state index contributed by atoms with van der Waals surface area (Å²) in [5.41, 5.74) is -0.923. The summed E-state index contributed by atoms with van der Waals surface area (Å²) in [6, 6.07) is 1.55. The minimum atomic E-state index is -4.14. The van der Waals surface area contributed by atoms with Crippen molar-refractivity contribution in [3.63, 3.8) is 0 Å². The molecule has 9 nitrogen and oxygen atoms in total. The average Bonchev–Trinajstić information content (AvgIpc) is 2.82. The molecule has 0 spiro atoms. The number of H-pyrrole nitrogens is 1. The molecule has 0 aliphatic carbocycles. The number of sulfonamides is 1. The van der Waals surface area contributed by atoms with Gasteiger partial charge in [-0.3, -0.25) is 23.7 Å². The Morgan fingerprint density at radius 2 is 1.96 bits per heavy atom. The smallest absolute Gasteiger partial charge is 0.299 e. The molecule has 0 unspecified atom stereocenters. The second-order valence-corrected chi connectivity index (χ2v) is 7.56. The molecule has 0 amide bonds. The van der Waals surface area contributed by atoms with Crippen LogP contribution in [-0.4, -0.2) is 27.7 Å². The van der Waals surface area contributed by atoms with Gasteiger partial charge in [0.2, 0.25) is 0 Å². The van der Waals surface area contributed by atoms with Gasteiger partial charge in [0.15, 0.2) is 4.90 Å². The Kier molecular flexibility index (Phi) is 5.83. The minimum Gasteiger partial charge on any atom is -0.299 e. The van der Waals surface area contributed by atoms with Gasteiger partial charge in [-0.15, -0.1) is 0 Å². The fourth-order valence-electron chi connectivity index (χ4n) is 2.45. The van der Waals surface area contributed by atoms with E-state index in [0.29, 0.717) is 12.2 Å². The lowest BCUT2D eigenvalue weighted by Crippen LogP contribution is -2.34. The zero-order valence-electron chi connectivity index (χ0n) is 14.6. The van der Waals surface area contributed by atoms with Crippen molar-refractivity contribution >= 4 is 15.8 Å². The van der Waals surface area contributed by atoms with E-state index in [4.69, 9.17) is 0 Å². The number of aryl methyl sites for hydroxylation is 3. The highest BCUT2D eigenvalue weighted by molar-refractivity contribution is 7.92. The van der Waals surface area contributed by atoms with E-state index in [0.717, 1.165) is 31.9 Å². The lowest BCUT2D eigenvalue weighted by atomic mass is 10.2. The van der Waals surface area contributed by atoms with Gasteiger partial charge in [0.05, 0.1) is 5.69 Å². The van der Waals surface area contributed by atoms with Crippen molar-refractivity contribution in [1.29, 1.82) is 0 Å². The predicted molar refractivity (Wildman–Crippen MR) is 94.2 cm³/mol.